The van der Waals surface area contributed by atoms with E-state index in [0.29, 0.717) is 33.0 Å². The summed E-state index contributed by atoms with van der Waals surface area (Å²) >= 11 is 6.56. The number of H-pyrrole nitrogens is 1. The summed E-state index contributed by atoms with van der Waals surface area (Å²) in [4.78, 5) is 7.70. The molecule has 0 bridgehead atoms. The first kappa shape index (κ1) is 22.2. The molecule has 0 radical (unpaired) electrons. The van der Waals surface area contributed by atoms with Gasteiger partial charge >= 0.3 is 0 Å². The number of nitrogens with zero attached hydrogens (tertiary/aromatic N) is 5. The van der Waals surface area contributed by atoms with Crippen molar-refractivity contribution in [2.45, 2.75) is 6.04 Å². The Morgan fingerprint density at radius 3 is 2.54 bits per heavy atom. The first-order chi connectivity index (χ1) is 17.0. The summed E-state index contributed by atoms with van der Waals surface area (Å²) in [5.74, 6) is -2.34. The van der Waals surface area contributed by atoms with Gasteiger partial charge in [-0.2, -0.15) is 25.1 Å². The number of pyridine rings is 2. The molecule has 0 aliphatic heterocycles. The molecule has 172 valence electrons. The third-order valence-corrected chi connectivity index (χ3v) is 5.57. The SMILES string of the molecule is N#Cc1cnc2c(Cl)cc(NC(c3ccccc3)c3cn[nH]n3)cc2c1Nc1cnc(F)c(F)c1. The second-order valence-electron chi connectivity index (χ2n) is 7.52. The lowest BCUT2D eigenvalue weighted by atomic mass is 10.0. The van der Waals surface area contributed by atoms with E-state index in [9.17, 15) is 14.0 Å². The molecule has 0 aliphatic rings. The zero-order chi connectivity index (χ0) is 24.4. The second kappa shape index (κ2) is 9.32. The molecule has 0 saturated carbocycles. The van der Waals surface area contributed by atoms with Gasteiger partial charge in [0.05, 0.1) is 45.9 Å². The molecule has 0 saturated heterocycles. The highest BCUT2D eigenvalue weighted by Gasteiger charge is 2.19. The largest absolute Gasteiger partial charge is 0.373 e. The van der Waals surface area contributed by atoms with Crippen LogP contribution >= 0.6 is 11.6 Å². The van der Waals surface area contributed by atoms with Crippen LogP contribution in [0, 0.1) is 23.1 Å². The summed E-state index contributed by atoms with van der Waals surface area (Å²) in [7, 11) is 0. The molecule has 5 aromatic rings. The van der Waals surface area contributed by atoms with Crippen molar-refractivity contribution in [3.63, 3.8) is 0 Å². The molecule has 1 atom stereocenters. The number of rotatable bonds is 6. The number of hydrogen-bond donors (Lipinski definition) is 3. The van der Waals surface area contributed by atoms with Crippen molar-refractivity contribution < 1.29 is 8.78 Å². The normalized spacial score (nSPS) is 11.7. The molecule has 3 N–H and O–H groups in total. The van der Waals surface area contributed by atoms with Gasteiger partial charge in [-0.15, -0.1) is 0 Å². The number of aromatic nitrogens is 5. The maximum absolute atomic E-state index is 13.7. The van der Waals surface area contributed by atoms with E-state index in [2.05, 4.69) is 42.1 Å². The van der Waals surface area contributed by atoms with Gasteiger partial charge in [0.15, 0.2) is 5.82 Å². The molecule has 0 spiro atoms. The van der Waals surface area contributed by atoms with Crippen LogP contribution in [0.3, 0.4) is 0 Å². The topological polar surface area (TPSA) is 115 Å². The highest BCUT2D eigenvalue weighted by molar-refractivity contribution is 6.36. The molecule has 5 rings (SSSR count). The van der Waals surface area contributed by atoms with Crippen molar-refractivity contribution in [1.29, 1.82) is 5.26 Å². The fourth-order valence-electron chi connectivity index (χ4n) is 3.69. The van der Waals surface area contributed by atoms with Crippen molar-refractivity contribution >= 4 is 39.6 Å². The molecule has 2 aromatic carbocycles. The van der Waals surface area contributed by atoms with E-state index in [1.165, 1.54) is 6.20 Å². The van der Waals surface area contributed by atoms with Crippen molar-refractivity contribution in [2.24, 2.45) is 0 Å². The third kappa shape index (κ3) is 4.45. The quantitative estimate of drug-likeness (QED) is 0.270. The molecule has 0 amide bonds. The fraction of sp³-hybridized carbons (Fsp3) is 0.0417. The van der Waals surface area contributed by atoms with Crippen molar-refractivity contribution in [2.75, 3.05) is 10.6 Å². The predicted octanol–water partition coefficient (Wildman–Crippen LogP) is 5.50. The van der Waals surface area contributed by atoms with Crippen molar-refractivity contribution in [1.82, 2.24) is 25.4 Å². The third-order valence-electron chi connectivity index (χ3n) is 5.28. The number of nitrogens with one attached hydrogen (secondary N) is 3. The lowest BCUT2D eigenvalue weighted by molar-refractivity contribution is 0.480. The number of anilines is 3. The minimum absolute atomic E-state index is 0.159. The van der Waals surface area contributed by atoms with Crippen LogP contribution in [0.25, 0.3) is 10.9 Å². The average Bonchev–Trinajstić information content (AvgIpc) is 3.40. The number of fused-ring (bicyclic) bond motifs is 1. The van der Waals surface area contributed by atoms with E-state index in [0.717, 1.165) is 17.8 Å². The van der Waals surface area contributed by atoms with Gasteiger partial charge in [-0.05, 0) is 17.7 Å². The highest BCUT2D eigenvalue weighted by atomic mass is 35.5. The summed E-state index contributed by atoms with van der Waals surface area (Å²) in [6.45, 7) is 0. The molecule has 3 aromatic heterocycles. The molecule has 0 fully saturated rings. The predicted molar refractivity (Wildman–Crippen MR) is 127 cm³/mol. The standard InChI is InChI=1S/C24H15ClF2N8/c25-18-7-15(32-22(20-12-31-35-34-20)13-4-2-1-3-5-13)6-17-21(14(9-28)10-29-23(17)18)33-16-8-19(26)24(27)30-11-16/h1-8,10-12,22,32H,(H,29,33)(H,31,34,35). The van der Waals surface area contributed by atoms with E-state index in [1.54, 1.807) is 18.3 Å². The monoisotopic (exact) mass is 488 g/mol. The number of hydrogen-bond acceptors (Lipinski definition) is 7. The van der Waals surface area contributed by atoms with Crippen LogP contribution in [-0.4, -0.2) is 25.4 Å². The summed E-state index contributed by atoms with van der Waals surface area (Å²) < 4.78 is 27.1. The van der Waals surface area contributed by atoms with Crippen LogP contribution in [0.15, 0.2) is 67.1 Å². The van der Waals surface area contributed by atoms with Gasteiger partial charge in [0.25, 0.3) is 0 Å². The molecular weight excluding hydrogens is 474 g/mol. The van der Waals surface area contributed by atoms with Gasteiger partial charge in [-0.1, -0.05) is 41.9 Å². The Morgan fingerprint density at radius 2 is 1.83 bits per heavy atom. The summed E-state index contributed by atoms with van der Waals surface area (Å²) in [6.07, 6.45) is 4.11. The van der Waals surface area contributed by atoms with Gasteiger partial charge in [0.1, 0.15) is 11.8 Å². The Labute approximate surface area is 202 Å². The van der Waals surface area contributed by atoms with E-state index in [1.807, 2.05) is 30.3 Å². The maximum atomic E-state index is 13.7. The first-order valence-corrected chi connectivity index (χ1v) is 10.7. The van der Waals surface area contributed by atoms with Crippen LogP contribution in [0.2, 0.25) is 5.02 Å². The Kier molecular flexibility index (Phi) is 5.91. The fourth-order valence-corrected chi connectivity index (χ4v) is 3.95. The van der Waals surface area contributed by atoms with Crippen molar-refractivity contribution in [3.05, 3.63) is 101 Å². The molecule has 3 heterocycles. The van der Waals surface area contributed by atoms with Crippen molar-refractivity contribution in [3.8, 4) is 6.07 Å². The molecule has 35 heavy (non-hydrogen) atoms. The Morgan fingerprint density at radius 1 is 1.00 bits per heavy atom. The first-order valence-electron chi connectivity index (χ1n) is 10.3. The molecule has 1 unspecified atom stereocenters. The smallest absolute Gasteiger partial charge is 0.249 e. The number of nitriles is 1. The van der Waals surface area contributed by atoms with Crippen LogP contribution in [-0.2, 0) is 0 Å². The second-order valence-corrected chi connectivity index (χ2v) is 7.92. The van der Waals surface area contributed by atoms with E-state index in [-0.39, 0.29) is 17.3 Å². The van der Waals surface area contributed by atoms with Crippen LogP contribution in [0.4, 0.5) is 25.8 Å². The summed E-state index contributed by atoms with van der Waals surface area (Å²) in [6, 6.07) is 15.8. The Hall–Kier alpha value is -4.62. The Balaban J connectivity index is 1.61. The summed E-state index contributed by atoms with van der Waals surface area (Å²) in [5, 5.41) is 27.6. The Bertz CT molecular complexity index is 1550. The number of benzene rings is 2. The lowest BCUT2D eigenvalue weighted by Gasteiger charge is -2.20. The van der Waals surface area contributed by atoms with Gasteiger partial charge in [0, 0.05) is 23.3 Å². The van der Waals surface area contributed by atoms with Gasteiger partial charge in [-0.25, -0.2) is 9.37 Å². The van der Waals surface area contributed by atoms with Gasteiger partial charge in [-0.3, -0.25) is 4.98 Å². The zero-order valence-electron chi connectivity index (χ0n) is 17.8. The minimum atomic E-state index is -1.22. The molecule has 0 aliphatic carbocycles. The van der Waals surface area contributed by atoms with E-state index < -0.39 is 11.8 Å². The number of aromatic amines is 1. The van der Waals surface area contributed by atoms with E-state index >= 15 is 0 Å². The summed E-state index contributed by atoms with van der Waals surface area (Å²) in [5.41, 5.74) is 3.30. The minimum Gasteiger partial charge on any atom is -0.373 e. The lowest BCUT2D eigenvalue weighted by Crippen LogP contribution is -2.13. The van der Waals surface area contributed by atoms with Gasteiger partial charge in [0.2, 0.25) is 5.95 Å². The zero-order valence-corrected chi connectivity index (χ0v) is 18.6. The average molecular weight is 489 g/mol. The molecule has 8 nitrogen and oxygen atoms in total. The van der Waals surface area contributed by atoms with Crippen LogP contribution in [0.5, 0.6) is 0 Å². The van der Waals surface area contributed by atoms with Crippen LogP contribution in [0.1, 0.15) is 22.9 Å². The van der Waals surface area contributed by atoms with E-state index in [4.69, 9.17) is 11.6 Å². The molecular formula is C24H15ClF2N8. The molecule has 11 heteroatoms. The van der Waals surface area contributed by atoms with Gasteiger partial charge < -0.3 is 10.6 Å². The maximum Gasteiger partial charge on any atom is 0.249 e. The highest BCUT2D eigenvalue weighted by Crippen LogP contribution is 2.36. The number of halogens is 3. The van der Waals surface area contributed by atoms with Crippen LogP contribution < -0.4 is 10.6 Å².